The quantitative estimate of drug-likeness (QED) is 0.470. The molecule has 0 atom stereocenters. The van der Waals surface area contributed by atoms with Gasteiger partial charge in [-0.15, -0.1) is 11.3 Å². The van der Waals surface area contributed by atoms with Crippen molar-refractivity contribution in [2.45, 2.75) is 13.3 Å². The predicted octanol–water partition coefficient (Wildman–Crippen LogP) is 4.08. The number of benzene rings is 1. The van der Waals surface area contributed by atoms with Gasteiger partial charge in [0, 0.05) is 17.3 Å². The van der Waals surface area contributed by atoms with Crippen LogP contribution in [0.15, 0.2) is 34.7 Å². The van der Waals surface area contributed by atoms with E-state index in [2.05, 4.69) is 16.4 Å². The van der Waals surface area contributed by atoms with Crippen LogP contribution in [0.3, 0.4) is 0 Å². The van der Waals surface area contributed by atoms with Crippen LogP contribution in [-0.4, -0.2) is 17.4 Å². The number of carbonyl (C=O) groups is 1. The van der Waals surface area contributed by atoms with Crippen molar-refractivity contribution in [3.63, 3.8) is 0 Å². The highest BCUT2D eigenvalue weighted by molar-refractivity contribution is 7.21. The van der Waals surface area contributed by atoms with Crippen LogP contribution in [0.25, 0.3) is 32.5 Å². The third-order valence-electron chi connectivity index (χ3n) is 4.43. The smallest absolute Gasteiger partial charge is 0.260 e. The molecule has 0 unspecified atom stereocenters. The number of nitrogens with zero attached hydrogens (tertiary/aromatic N) is 2. The first-order valence-electron chi connectivity index (χ1n) is 8.73. The van der Waals surface area contributed by atoms with Gasteiger partial charge in [-0.1, -0.05) is 25.1 Å². The van der Waals surface area contributed by atoms with Gasteiger partial charge in [-0.3, -0.25) is 4.79 Å². The number of fused-ring (bicyclic) bond motifs is 2. The van der Waals surface area contributed by atoms with Crippen molar-refractivity contribution >= 4 is 49.9 Å². The minimum Gasteiger partial charge on any atom is -0.456 e. The number of carbonyl (C=O) groups excluding carboxylic acids is 1. The first-order chi connectivity index (χ1) is 13.5. The van der Waals surface area contributed by atoms with Gasteiger partial charge < -0.3 is 21.2 Å². The molecule has 4 rings (SSSR count). The number of amides is 1. The second kappa shape index (κ2) is 6.87. The fourth-order valence-corrected chi connectivity index (χ4v) is 4.12. The van der Waals surface area contributed by atoms with Crippen LogP contribution in [-0.2, 0) is 0 Å². The van der Waals surface area contributed by atoms with Crippen molar-refractivity contribution in [3.05, 3.63) is 40.8 Å². The van der Waals surface area contributed by atoms with E-state index in [-0.39, 0.29) is 10.6 Å². The Hall–Kier alpha value is -3.57. The molecule has 0 radical (unpaired) electrons. The number of nitrogens with two attached hydrogens (primary N) is 2. The van der Waals surface area contributed by atoms with E-state index in [0.717, 1.165) is 23.1 Å². The summed E-state index contributed by atoms with van der Waals surface area (Å²) in [5, 5.41) is 14.5. The number of anilines is 2. The highest BCUT2D eigenvalue weighted by Crippen LogP contribution is 2.44. The summed E-state index contributed by atoms with van der Waals surface area (Å²) < 4.78 is 6.02. The molecule has 0 spiro atoms. The number of furan rings is 1. The Morgan fingerprint density at radius 2 is 2.18 bits per heavy atom. The summed E-state index contributed by atoms with van der Waals surface area (Å²) in [6, 6.07) is 11.6. The van der Waals surface area contributed by atoms with Crippen molar-refractivity contribution < 1.29 is 9.21 Å². The number of nitrogens with one attached hydrogen (secondary N) is 1. The number of para-hydroxylation sites is 1. The number of thiophene rings is 1. The molecule has 0 aliphatic rings. The molecule has 7 nitrogen and oxygen atoms in total. The van der Waals surface area contributed by atoms with Gasteiger partial charge in [-0.25, -0.2) is 4.98 Å². The van der Waals surface area contributed by atoms with Gasteiger partial charge in [-0.05, 0) is 18.6 Å². The van der Waals surface area contributed by atoms with E-state index in [1.54, 1.807) is 0 Å². The molecular formula is C20H17N5O2S. The largest absolute Gasteiger partial charge is 0.456 e. The van der Waals surface area contributed by atoms with Crippen LogP contribution >= 0.6 is 11.3 Å². The molecule has 140 valence electrons. The maximum atomic E-state index is 11.8. The van der Waals surface area contributed by atoms with Crippen molar-refractivity contribution in [1.82, 2.24) is 4.98 Å². The summed E-state index contributed by atoms with van der Waals surface area (Å²) in [6.45, 7) is 2.67. The topological polar surface area (TPSA) is 131 Å². The van der Waals surface area contributed by atoms with Gasteiger partial charge in [-0.2, -0.15) is 5.26 Å². The lowest BCUT2D eigenvalue weighted by Gasteiger charge is -2.11. The fraction of sp³-hybridized carbons (Fsp3) is 0.150. The van der Waals surface area contributed by atoms with Crippen molar-refractivity contribution in [2.24, 2.45) is 5.73 Å². The maximum absolute atomic E-state index is 11.8. The Kier molecular flexibility index (Phi) is 4.37. The number of pyridine rings is 1. The average molecular weight is 391 g/mol. The minimum absolute atomic E-state index is 0.217. The van der Waals surface area contributed by atoms with Crippen molar-refractivity contribution in [3.8, 4) is 17.4 Å². The summed E-state index contributed by atoms with van der Waals surface area (Å²) in [5.41, 5.74) is 13.5. The first-order valence-corrected chi connectivity index (χ1v) is 9.55. The Balaban J connectivity index is 2.11. The van der Waals surface area contributed by atoms with Gasteiger partial charge in [0.05, 0.1) is 11.3 Å². The summed E-state index contributed by atoms with van der Waals surface area (Å²) >= 11 is 1.11. The van der Waals surface area contributed by atoms with Gasteiger partial charge in [0.15, 0.2) is 0 Å². The summed E-state index contributed by atoms with van der Waals surface area (Å²) in [5.74, 6) is 0.299. The third kappa shape index (κ3) is 2.73. The molecule has 0 saturated carbocycles. The summed E-state index contributed by atoms with van der Waals surface area (Å²) in [6.07, 6.45) is 0.865. The molecule has 0 aliphatic heterocycles. The summed E-state index contributed by atoms with van der Waals surface area (Å²) in [4.78, 5) is 17.1. The number of primary amides is 1. The molecule has 28 heavy (non-hydrogen) atoms. The van der Waals surface area contributed by atoms with E-state index in [9.17, 15) is 10.1 Å². The Morgan fingerprint density at radius 1 is 1.39 bits per heavy atom. The lowest BCUT2D eigenvalue weighted by atomic mass is 10.0. The number of rotatable bonds is 5. The standard InChI is InChI=1S/C20H17N5O2S/c1-2-7-24-19-11(9-21)14(13-8-10-5-3-4-6-12(10)27-13)15-16(22)17(18(23)26)28-20(15)25-19/h3-6,8H,2,7,22H2,1H3,(H2,23,26)(H,24,25). The van der Waals surface area contributed by atoms with Crippen LogP contribution in [0.1, 0.15) is 28.6 Å². The highest BCUT2D eigenvalue weighted by Gasteiger charge is 2.25. The zero-order valence-corrected chi connectivity index (χ0v) is 15.9. The van der Waals surface area contributed by atoms with E-state index in [0.29, 0.717) is 45.0 Å². The lowest BCUT2D eigenvalue weighted by molar-refractivity contribution is 0.100. The monoisotopic (exact) mass is 391 g/mol. The van der Waals surface area contributed by atoms with Gasteiger partial charge in [0.2, 0.25) is 0 Å². The SMILES string of the molecule is CCCNc1nc2sc(C(N)=O)c(N)c2c(-c2cc3ccccc3o2)c1C#N. The molecule has 3 aromatic heterocycles. The normalized spacial score (nSPS) is 11.0. The Labute approximate surface area is 164 Å². The van der Waals surface area contributed by atoms with Crippen LogP contribution in [0.4, 0.5) is 11.5 Å². The van der Waals surface area contributed by atoms with E-state index < -0.39 is 5.91 Å². The number of nitrogen functional groups attached to an aromatic ring is 1. The minimum atomic E-state index is -0.627. The zero-order valence-electron chi connectivity index (χ0n) is 15.1. The summed E-state index contributed by atoms with van der Waals surface area (Å²) in [7, 11) is 0. The molecule has 0 aliphatic carbocycles. The molecule has 1 amide bonds. The molecule has 0 saturated heterocycles. The van der Waals surface area contributed by atoms with Gasteiger partial charge in [0.1, 0.15) is 38.5 Å². The van der Waals surface area contributed by atoms with Crippen LogP contribution < -0.4 is 16.8 Å². The van der Waals surface area contributed by atoms with Crippen molar-refractivity contribution in [2.75, 3.05) is 17.6 Å². The maximum Gasteiger partial charge on any atom is 0.260 e. The van der Waals surface area contributed by atoms with Crippen molar-refractivity contribution in [1.29, 1.82) is 5.26 Å². The van der Waals surface area contributed by atoms with E-state index >= 15 is 0 Å². The Bertz CT molecular complexity index is 1230. The predicted molar refractivity (Wildman–Crippen MR) is 111 cm³/mol. The first kappa shape index (κ1) is 17.8. The average Bonchev–Trinajstić information content (AvgIpc) is 3.26. The van der Waals surface area contributed by atoms with E-state index in [4.69, 9.17) is 15.9 Å². The number of hydrogen-bond donors (Lipinski definition) is 3. The number of hydrogen-bond acceptors (Lipinski definition) is 7. The van der Waals surface area contributed by atoms with E-state index in [1.165, 1.54) is 0 Å². The second-order valence-corrected chi connectivity index (χ2v) is 7.29. The molecule has 4 aromatic rings. The van der Waals surface area contributed by atoms with Crippen LogP contribution in [0.5, 0.6) is 0 Å². The molecular weight excluding hydrogens is 374 g/mol. The third-order valence-corrected chi connectivity index (χ3v) is 5.54. The lowest BCUT2D eigenvalue weighted by Crippen LogP contribution is -2.10. The number of aromatic nitrogens is 1. The molecule has 1 aromatic carbocycles. The van der Waals surface area contributed by atoms with Crippen LogP contribution in [0, 0.1) is 11.3 Å². The molecule has 0 fully saturated rings. The molecule has 8 heteroatoms. The fourth-order valence-electron chi connectivity index (χ4n) is 3.17. The second-order valence-electron chi connectivity index (χ2n) is 6.29. The van der Waals surface area contributed by atoms with Gasteiger partial charge >= 0.3 is 0 Å². The van der Waals surface area contributed by atoms with E-state index in [1.807, 2.05) is 37.3 Å². The zero-order chi connectivity index (χ0) is 19.8. The molecule has 0 bridgehead atoms. The molecule has 5 N–H and O–H groups in total. The molecule has 3 heterocycles. The van der Waals surface area contributed by atoms with Gasteiger partial charge in [0.25, 0.3) is 5.91 Å². The van der Waals surface area contributed by atoms with Crippen LogP contribution in [0.2, 0.25) is 0 Å². The number of nitriles is 1. The Morgan fingerprint density at radius 3 is 2.86 bits per heavy atom. The highest BCUT2D eigenvalue weighted by atomic mass is 32.1.